The second-order valence-corrected chi connectivity index (χ2v) is 10.6. The molecule has 2 saturated heterocycles. The van der Waals surface area contributed by atoms with Crippen molar-refractivity contribution < 1.29 is 24.2 Å². The molecule has 0 aliphatic carbocycles. The average molecular weight is 513 g/mol. The fraction of sp³-hybridized carbons (Fsp3) is 0.429. The summed E-state index contributed by atoms with van der Waals surface area (Å²) in [4.78, 5) is 30.3. The number of ether oxygens (including phenoxy) is 2. The molecule has 1 amide bonds. The van der Waals surface area contributed by atoms with Crippen LogP contribution < -0.4 is 4.74 Å². The van der Waals surface area contributed by atoms with Gasteiger partial charge in [0.15, 0.2) is 0 Å². The van der Waals surface area contributed by atoms with Gasteiger partial charge in [-0.05, 0) is 34.7 Å². The Kier molecular flexibility index (Phi) is 7.73. The predicted molar refractivity (Wildman–Crippen MR) is 139 cm³/mol. The molecule has 2 fully saturated rings. The van der Waals surface area contributed by atoms with Crippen molar-refractivity contribution in [1.82, 2.24) is 9.80 Å². The van der Waals surface area contributed by atoms with Crippen molar-refractivity contribution in [2.45, 2.75) is 32.2 Å². The standard InChI is InChI=1S/C28H33ClN2O5/c1-28(2,3)20-8-5-18(6-9-20)24-23(25(32)19-7-10-22(35-4)21(29)17-19)26(33)27(34)31(24)12-11-30-13-15-36-16-14-30/h5-10,17,24,32H,11-16H2,1-4H3/b25-23+. The Morgan fingerprint density at radius 1 is 1.08 bits per heavy atom. The topological polar surface area (TPSA) is 79.3 Å². The number of Topliss-reactive ketones (excluding diaryl/α,β-unsaturated/α-hetero) is 1. The molecule has 2 aromatic rings. The lowest BCUT2D eigenvalue weighted by atomic mass is 9.85. The Morgan fingerprint density at radius 3 is 2.33 bits per heavy atom. The first-order chi connectivity index (χ1) is 17.1. The van der Waals surface area contributed by atoms with Crippen molar-refractivity contribution in [2.75, 3.05) is 46.5 Å². The molecule has 2 heterocycles. The summed E-state index contributed by atoms with van der Waals surface area (Å²) >= 11 is 6.29. The van der Waals surface area contributed by atoms with Crippen LogP contribution in [0.3, 0.4) is 0 Å². The quantitative estimate of drug-likeness (QED) is 0.351. The normalized spacial score (nSPS) is 20.7. The number of morpholine rings is 1. The number of nitrogens with zero attached hydrogens (tertiary/aromatic N) is 2. The zero-order chi connectivity index (χ0) is 26.0. The summed E-state index contributed by atoms with van der Waals surface area (Å²) in [7, 11) is 1.50. The zero-order valence-corrected chi connectivity index (χ0v) is 22.0. The Labute approximate surface area is 217 Å². The minimum absolute atomic E-state index is 0.0451. The number of likely N-dealkylation sites (tertiary alicyclic amines) is 1. The number of benzene rings is 2. The Bertz CT molecular complexity index is 1160. The van der Waals surface area contributed by atoms with Crippen LogP contribution in [0.25, 0.3) is 5.76 Å². The summed E-state index contributed by atoms with van der Waals surface area (Å²) in [6, 6.07) is 12.0. The Balaban J connectivity index is 1.76. The lowest BCUT2D eigenvalue weighted by Crippen LogP contribution is -2.42. The van der Waals surface area contributed by atoms with E-state index in [4.69, 9.17) is 21.1 Å². The van der Waals surface area contributed by atoms with E-state index in [1.165, 1.54) is 13.2 Å². The number of ketones is 1. The molecule has 1 N–H and O–H groups in total. The lowest BCUT2D eigenvalue weighted by Gasteiger charge is -2.31. The van der Waals surface area contributed by atoms with E-state index in [0.29, 0.717) is 42.6 Å². The van der Waals surface area contributed by atoms with E-state index in [1.807, 2.05) is 24.3 Å². The van der Waals surface area contributed by atoms with Crippen molar-refractivity contribution in [2.24, 2.45) is 0 Å². The summed E-state index contributed by atoms with van der Waals surface area (Å²) in [5.41, 5.74) is 2.27. The van der Waals surface area contributed by atoms with E-state index in [-0.39, 0.29) is 16.7 Å². The first kappa shape index (κ1) is 26.2. The van der Waals surface area contributed by atoms with Gasteiger partial charge >= 0.3 is 0 Å². The number of rotatable bonds is 6. The van der Waals surface area contributed by atoms with Crippen LogP contribution in [0, 0.1) is 0 Å². The third kappa shape index (κ3) is 5.28. The lowest BCUT2D eigenvalue weighted by molar-refractivity contribution is -0.140. The van der Waals surface area contributed by atoms with E-state index in [2.05, 4.69) is 25.7 Å². The molecule has 7 nitrogen and oxygen atoms in total. The van der Waals surface area contributed by atoms with E-state index < -0.39 is 17.7 Å². The fourth-order valence-electron chi connectivity index (χ4n) is 4.67. The number of carbonyl (C=O) groups is 2. The van der Waals surface area contributed by atoms with Crippen LogP contribution in [-0.2, 0) is 19.7 Å². The predicted octanol–water partition coefficient (Wildman–Crippen LogP) is 4.40. The van der Waals surface area contributed by atoms with Crippen molar-refractivity contribution in [3.63, 3.8) is 0 Å². The smallest absolute Gasteiger partial charge is 0.295 e. The maximum Gasteiger partial charge on any atom is 0.295 e. The number of amides is 1. The second kappa shape index (κ2) is 10.6. The average Bonchev–Trinajstić information content (AvgIpc) is 3.12. The van der Waals surface area contributed by atoms with E-state index in [9.17, 15) is 14.7 Å². The molecule has 36 heavy (non-hydrogen) atoms. The van der Waals surface area contributed by atoms with Gasteiger partial charge in [-0.2, -0.15) is 0 Å². The van der Waals surface area contributed by atoms with Gasteiger partial charge < -0.3 is 19.5 Å². The number of methoxy groups -OCH3 is 1. The molecular formula is C28H33ClN2O5. The van der Waals surface area contributed by atoms with E-state index >= 15 is 0 Å². The fourth-order valence-corrected chi connectivity index (χ4v) is 4.92. The number of carbonyl (C=O) groups excluding carboxylic acids is 2. The van der Waals surface area contributed by atoms with Gasteiger partial charge in [0, 0.05) is 31.7 Å². The van der Waals surface area contributed by atoms with Gasteiger partial charge in [0.1, 0.15) is 11.5 Å². The molecule has 2 aromatic carbocycles. The highest BCUT2D eigenvalue weighted by Crippen LogP contribution is 2.40. The van der Waals surface area contributed by atoms with Gasteiger partial charge in [-0.3, -0.25) is 14.5 Å². The molecular weight excluding hydrogens is 480 g/mol. The molecule has 8 heteroatoms. The van der Waals surface area contributed by atoms with Crippen LogP contribution >= 0.6 is 11.6 Å². The molecule has 1 unspecified atom stereocenters. The molecule has 0 bridgehead atoms. The monoisotopic (exact) mass is 512 g/mol. The van der Waals surface area contributed by atoms with Gasteiger partial charge in [0.25, 0.3) is 11.7 Å². The SMILES string of the molecule is COc1ccc(/C(O)=C2\C(=O)C(=O)N(CCN3CCOCC3)C2c2ccc(C(C)(C)C)cc2)cc1Cl. The van der Waals surface area contributed by atoms with Gasteiger partial charge in [-0.25, -0.2) is 0 Å². The number of halogens is 1. The van der Waals surface area contributed by atoms with E-state index in [1.54, 1.807) is 17.0 Å². The van der Waals surface area contributed by atoms with Crippen LogP contribution in [0.4, 0.5) is 0 Å². The first-order valence-corrected chi connectivity index (χ1v) is 12.5. The third-order valence-electron chi connectivity index (χ3n) is 6.82. The molecule has 0 aromatic heterocycles. The summed E-state index contributed by atoms with van der Waals surface area (Å²) < 4.78 is 10.6. The minimum atomic E-state index is -0.707. The highest BCUT2D eigenvalue weighted by molar-refractivity contribution is 6.46. The van der Waals surface area contributed by atoms with Crippen LogP contribution in [0.15, 0.2) is 48.0 Å². The molecule has 1 atom stereocenters. The molecule has 192 valence electrons. The van der Waals surface area contributed by atoms with Gasteiger partial charge in [0.2, 0.25) is 0 Å². The number of hydrogen-bond acceptors (Lipinski definition) is 6. The Hall–Kier alpha value is -2.87. The van der Waals surface area contributed by atoms with Crippen molar-refractivity contribution in [3.8, 4) is 5.75 Å². The summed E-state index contributed by atoms with van der Waals surface area (Å²) in [5.74, 6) is -1.12. The zero-order valence-electron chi connectivity index (χ0n) is 21.2. The largest absolute Gasteiger partial charge is 0.507 e. The van der Waals surface area contributed by atoms with Gasteiger partial charge in [0.05, 0.1) is 37.0 Å². The highest BCUT2D eigenvalue weighted by atomic mass is 35.5. The summed E-state index contributed by atoms with van der Waals surface area (Å²) in [6.07, 6.45) is 0. The van der Waals surface area contributed by atoms with E-state index in [0.717, 1.165) is 24.2 Å². The maximum absolute atomic E-state index is 13.3. The van der Waals surface area contributed by atoms with Crippen LogP contribution in [0.5, 0.6) is 5.75 Å². The number of aliphatic hydroxyl groups excluding tert-OH is 1. The highest BCUT2D eigenvalue weighted by Gasteiger charge is 2.46. The Morgan fingerprint density at radius 2 is 1.75 bits per heavy atom. The number of aliphatic hydroxyl groups is 1. The van der Waals surface area contributed by atoms with Crippen molar-refractivity contribution >= 4 is 29.1 Å². The van der Waals surface area contributed by atoms with Gasteiger partial charge in [-0.1, -0.05) is 56.6 Å². The first-order valence-electron chi connectivity index (χ1n) is 12.1. The van der Waals surface area contributed by atoms with Crippen LogP contribution in [-0.4, -0.2) is 73.1 Å². The third-order valence-corrected chi connectivity index (χ3v) is 7.11. The molecule has 4 rings (SSSR count). The van der Waals surface area contributed by atoms with Crippen LogP contribution in [0.2, 0.25) is 5.02 Å². The molecule has 0 spiro atoms. The maximum atomic E-state index is 13.3. The van der Waals surface area contributed by atoms with Crippen LogP contribution in [0.1, 0.15) is 43.5 Å². The summed E-state index contributed by atoms with van der Waals surface area (Å²) in [6.45, 7) is 10.2. The second-order valence-electron chi connectivity index (χ2n) is 10.2. The minimum Gasteiger partial charge on any atom is -0.507 e. The molecule has 2 aliphatic heterocycles. The molecule has 2 aliphatic rings. The molecule has 0 radical (unpaired) electrons. The van der Waals surface area contributed by atoms with Crippen molar-refractivity contribution in [1.29, 1.82) is 0 Å². The molecule has 0 saturated carbocycles. The number of hydrogen-bond donors (Lipinski definition) is 1. The van der Waals surface area contributed by atoms with Crippen molar-refractivity contribution in [3.05, 3.63) is 69.8 Å². The van der Waals surface area contributed by atoms with Gasteiger partial charge in [-0.15, -0.1) is 0 Å². The summed E-state index contributed by atoms with van der Waals surface area (Å²) in [5, 5.41) is 11.6.